The van der Waals surface area contributed by atoms with Gasteiger partial charge in [0.2, 0.25) is 5.91 Å². The third-order valence-electron chi connectivity index (χ3n) is 8.70. The van der Waals surface area contributed by atoms with Gasteiger partial charge < -0.3 is 19.1 Å². The van der Waals surface area contributed by atoms with Crippen LogP contribution in [0.4, 0.5) is 0 Å². The first-order chi connectivity index (χ1) is 24.2. The molecule has 1 aliphatic heterocycles. The van der Waals surface area contributed by atoms with Gasteiger partial charge in [-0.1, -0.05) is 52.0 Å². The largest absolute Gasteiger partial charge is 0.353 e. The number of carbonyl (C=O) groups is 2. The number of rotatable bonds is 20. The summed E-state index contributed by atoms with van der Waals surface area (Å²) in [6.07, 6.45) is 5.52. The highest BCUT2D eigenvalue weighted by Gasteiger charge is 2.40. The molecule has 1 aromatic heterocycles. The second kappa shape index (κ2) is 20.5. The van der Waals surface area contributed by atoms with Gasteiger partial charge in [-0.25, -0.2) is 9.46 Å². The molecule has 280 valence electrons. The van der Waals surface area contributed by atoms with Gasteiger partial charge in [0.05, 0.1) is 36.9 Å². The van der Waals surface area contributed by atoms with Gasteiger partial charge in [-0.2, -0.15) is 5.26 Å². The first-order valence-electron chi connectivity index (χ1n) is 18.1. The molecule has 1 fully saturated rings. The highest BCUT2D eigenvalue weighted by atomic mass is 31.2. The highest BCUT2D eigenvalue weighted by Crippen LogP contribution is 2.50. The molecule has 5 atom stereocenters. The molecule has 1 aliphatic rings. The van der Waals surface area contributed by atoms with Crippen LogP contribution in [0.1, 0.15) is 116 Å². The first-order valence-corrected chi connectivity index (χ1v) is 19.2. The van der Waals surface area contributed by atoms with E-state index in [9.17, 15) is 19.2 Å². The summed E-state index contributed by atoms with van der Waals surface area (Å²) in [4.78, 5) is 53.3. The minimum atomic E-state index is -1.52. The minimum absolute atomic E-state index is 0.109. The van der Waals surface area contributed by atoms with Crippen LogP contribution in [0, 0.1) is 17.2 Å². The number of hydrogen-bond donors (Lipinski definition) is 2. The summed E-state index contributed by atoms with van der Waals surface area (Å²) < 4.78 is 22.3. The molecule has 0 saturated carbocycles. The van der Waals surface area contributed by atoms with Gasteiger partial charge in [0, 0.05) is 49.7 Å². The summed E-state index contributed by atoms with van der Waals surface area (Å²) in [5, 5.41) is 11.8. The van der Waals surface area contributed by atoms with Crippen LogP contribution < -0.4 is 16.6 Å². The molecule has 2 unspecified atom stereocenters. The van der Waals surface area contributed by atoms with E-state index in [1.54, 1.807) is 0 Å². The van der Waals surface area contributed by atoms with Crippen LogP contribution in [0.25, 0.3) is 6.08 Å². The van der Waals surface area contributed by atoms with Crippen LogP contribution in [0.3, 0.4) is 0 Å². The molecule has 1 aromatic carbocycles. The van der Waals surface area contributed by atoms with Crippen molar-refractivity contribution in [1.82, 2.24) is 19.5 Å². The SMILES string of the molecule is CC[C@H]1O[C@@H](n2cc(/C=C/C(=O)NCCCC(=O)C(C)c3ccc(CC(C)C)cc3)c(=O)[nH]c2=O)C[C@@H]1OP(OCCC#N)N(C(C)C)C(C)C. The summed E-state index contributed by atoms with van der Waals surface area (Å²) in [6.45, 7) is 17.0. The molecule has 2 N–H and O–H groups in total. The Morgan fingerprint density at radius 2 is 1.82 bits per heavy atom. The number of aromatic nitrogens is 2. The molecule has 2 aromatic rings. The Bertz CT molecular complexity index is 1600. The molecule has 3 rings (SSSR count). The molecule has 2 heterocycles. The second-order valence-corrected chi connectivity index (χ2v) is 15.4. The normalized spacial score (nSPS) is 18.9. The van der Waals surface area contributed by atoms with Gasteiger partial charge in [-0.15, -0.1) is 0 Å². The number of aromatic amines is 1. The Morgan fingerprint density at radius 1 is 1.14 bits per heavy atom. The summed E-state index contributed by atoms with van der Waals surface area (Å²) in [5.74, 6) is 0.0277. The van der Waals surface area contributed by atoms with E-state index in [1.807, 2.05) is 26.0 Å². The van der Waals surface area contributed by atoms with Crippen molar-refractivity contribution >= 4 is 26.3 Å². The monoisotopic (exact) mass is 725 g/mol. The fourth-order valence-corrected chi connectivity index (χ4v) is 7.86. The molecule has 1 saturated heterocycles. The Kier molecular flexibility index (Phi) is 16.9. The number of nitrogens with zero attached hydrogens (tertiary/aromatic N) is 3. The molecule has 12 nitrogen and oxygen atoms in total. The zero-order chi connectivity index (χ0) is 37.7. The zero-order valence-electron chi connectivity index (χ0n) is 31.4. The lowest BCUT2D eigenvalue weighted by molar-refractivity contribution is -0.120. The van der Waals surface area contributed by atoms with Crippen molar-refractivity contribution in [2.45, 2.75) is 130 Å². The number of ketones is 1. The Balaban J connectivity index is 1.60. The third-order valence-corrected chi connectivity index (χ3v) is 10.9. The second-order valence-electron chi connectivity index (χ2n) is 14.0. The average molecular weight is 726 g/mol. The van der Waals surface area contributed by atoms with Gasteiger partial charge in [0.15, 0.2) is 0 Å². The van der Waals surface area contributed by atoms with E-state index >= 15 is 0 Å². The molecule has 13 heteroatoms. The van der Waals surface area contributed by atoms with Gasteiger partial charge in [0.25, 0.3) is 14.1 Å². The van der Waals surface area contributed by atoms with Crippen molar-refractivity contribution in [2.24, 2.45) is 5.92 Å². The number of amides is 1. The molecule has 1 amide bonds. The van der Waals surface area contributed by atoms with Crippen LogP contribution in [0.15, 0.2) is 46.1 Å². The maximum atomic E-state index is 12.9. The molecular weight excluding hydrogens is 669 g/mol. The number of H-pyrrole nitrogens is 1. The summed E-state index contributed by atoms with van der Waals surface area (Å²) >= 11 is 0. The number of nitriles is 1. The smallest absolute Gasteiger partial charge is 0.330 e. The van der Waals surface area contributed by atoms with Gasteiger partial charge in [-0.3, -0.25) is 23.9 Å². The lowest BCUT2D eigenvalue weighted by atomic mass is 9.92. The number of nitrogens with one attached hydrogen (secondary N) is 2. The molecule has 0 bridgehead atoms. The number of hydrogen-bond acceptors (Lipinski definition) is 9. The van der Waals surface area contributed by atoms with E-state index in [4.69, 9.17) is 19.0 Å². The summed E-state index contributed by atoms with van der Waals surface area (Å²) in [6, 6.07) is 10.6. The van der Waals surface area contributed by atoms with E-state index < -0.39 is 38.0 Å². The van der Waals surface area contributed by atoms with Crippen LogP contribution >= 0.6 is 8.53 Å². The number of carbonyl (C=O) groups excluding carboxylic acids is 2. The van der Waals surface area contributed by atoms with E-state index in [0.29, 0.717) is 38.1 Å². The van der Waals surface area contributed by atoms with Crippen molar-refractivity contribution in [2.75, 3.05) is 13.2 Å². The first kappa shape index (κ1) is 42.0. The lowest BCUT2D eigenvalue weighted by Crippen LogP contribution is -2.35. The highest BCUT2D eigenvalue weighted by molar-refractivity contribution is 7.44. The van der Waals surface area contributed by atoms with Crippen LogP contribution in [-0.4, -0.2) is 63.4 Å². The van der Waals surface area contributed by atoms with Gasteiger partial charge >= 0.3 is 5.69 Å². The summed E-state index contributed by atoms with van der Waals surface area (Å²) in [7, 11) is -1.52. The van der Waals surface area contributed by atoms with Crippen molar-refractivity contribution in [3.05, 3.63) is 74.1 Å². The predicted molar refractivity (Wildman–Crippen MR) is 200 cm³/mol. The molecular formula is C38H56N5O7P. The Labute approximate surface area is 303 Å². The fourth-order valence-electron chi connectivity index (χ4n) is 6.10. The standard InChI is InChI=1S/C38H56N5O7P/c1-9-33-34(50-51(48-21-11-19-39)43(26(4)5)27(6)7)23-36(49-33)42-24-31(37(46)41-38(42)47)17-18-35(45)40-20-10-12-32(44)28(8)30-15-13-29(14-16-30)22-25(2)3/h13-18,24-28,33-34,36H,9-12,20-23H2,1-8H3,(H,40,45)(H,41,46,47)/b18-17+/t28?,33-,34+,36-,51?/m1/s1. The van der Waals surface area contributed by atoms with Crippen molar-refractivity contribution in [1.29, 1.82) is 5.26 Å². The van der Waals surface area contributed by atoms with Crippen LogP contribution in [0.2, 0.25) is 0 Å². The van der Waals surface area contributed by atoms with E-state index in [0.717, 1.165) is 12.0 Å². The molecule has 0 spiro atoms. The minimum Gasteiger partial charge on any atom is -0.353 e. The molecule has 51 heavy (non-hydrogen) atoms. The third kappa shape index (κ3) is 12.6. The van der Waals surface area contributed by atoms with E-state index in [2.05, 4.69) is 74.7 Å². The van der Waals surface area contributed by atoms with Gasteiger partial charge in [0.1, 0.15) is 12.0 Å². The van der Waals surface area contributed by atoms with Crippen molar-refractivity contribution < 1.29 is 23.4 Å². The predicted octanol–water partition coefficient (Wildman–Crippen LogP) is 6.38. The molecule has 0 radical (unpaired) electrons. The topological polar surface area (TPSA) is 156 Å². The fraction of sp³-hybridized carbons (Fsp3) is 0.605. The van der Waals surface area contributed by atoms with Gasteiger partial charge in [-0.05, 0) is 70.1 Å². The zero-order valence-corrected chi connectivity index (χ0v) is 32.3. The maximum absolute atomic E-state index is 12.9. The van der Waals surface area contributed by atoms with Crippen LogP contribution in [0.5, 0.6) is 0 Å². The Morgan fingerprint density at radius 3 is 2.43 bits per heavy atom. The number of ether oxygens (including phenoxy) is 1. The maximum Gasteiger partial charge on any atom is 0.330 e. The summed E-state index contributed by atoms with van der Waals surface area (Å²) in [5.41, 5.74) is 1.09. The lowest BCUT2D eigenvalue weighted by Gasteiger charge is -2.37. The van der Waals surface area contributed by atoms with Crippen molar-refractivity contribution in [3.63, 3.8) is 0 Å². The van der Waals surface area contributed by atoms with Crippen LogP contribution in [-0.2, 0) is 29.8 Å². The quantitative estimate of drug-likeness (QED) is 0.0899. The number of Topliss-reactive ketones (excluding diaryl/α,β-unsaturated/α-hetero) is 1. The van der Waals surface area contributed by atoms with E-state index in [-0.39, 0.29) is 48.5 Å². The van der Waals surface area contributed by atoms with Crippen molar-refractivity contribution in [3.8, 4) is 6.07 Å². The van der Waals surface area contributed by atoms with E-state index in [1.165, 1.54) is 28.5 Å². The Hall–Kier alpha value is -3.46. The number of benzene rings is 1. The average Bonchev–Trinajstić information content (AvgIpc) is 3.48. The molecule has 0 aliphatic carbocycles.